The molecule has 1 aromatic carbocycles. The fourth-order valence-corrected chi connectivity index (χ4v) is 3.50. The number of hydrogen-bond acceptors (Lipinski definition) is 2. The maximum absolute atomic E-state index is 3.27. The summed E-state index contributed by atoms with van der Waals surface area (Å²) < 4.78 is 0. The molecular formula is C15H23NS. The van der Waals surface area contributed by atoms with E-state index in [0.29, 0.717) is 6.04 Å². The molecule has 17 heavy (non-hydrogen) atoms. The molecule has 0 saturated heterocycles. The van der Waals surface area contributed by atoms with Crippen molar-refractivity contribution in [3.8, 4) is 0 Å². The second-order valence-electron chi connectivity index (χ2n) is 5.04. The molecule has 0 bridgehead atoms. The van der Waals surface area contributed by atoms with Crippen molar-refractivity contribution in [3.05, 3.63) is 29.8 Å². The van der Waals surface area contributed by atoms with Crippen molar-refractivity contribution in [3.63, 3.8) is 0 Å². The molecule has 1 atom stereocenters. The molecule has 0 heterocycles. The molecule has 1 N–H and O–H groups in total. The van der Waals surface area contributed by atoms with Crippen LogP contribution >= 0.6 is 11.8 Å². The van der Waals surface area contributed by atoms with Crippen molar-refractivity contribution in [2.45, 2.75) is 43.5 Å². The Bertz CT molecular complexity index is 327. The predicted octanol–water partition coefficient (Wildman–Crippen LogP) is 4.25. The molecule has 1 saturated carbocycles. The van der Waals surface area contributed by atoms with E-state index in [0.717, 1.165) is 5.92 Å². The zero-order chi connectivity index (χ0) is 12.1. The Hall–Kier alpha value is -0.470. The van der Waals surface area contributed by atoms with Crippen LogP contribution in [0, 0.1) is 5.92 Å². The second kappa shape index (κ2) is 6.46. The highest BCUT2D eigenvalue weighted by Gasteiger charge is 2.14. The summed E-state index contributed by atoms with van der Waals surface area (Å²) in [4.78, 5) is 1.42. The monoisotopic (exact) mass is 249 g/mol. The first kappa shape index (κ1) is 13.0. The minimum absolute atomic E-state index is 0.448. The van der Waals surface area contributed by atoms with Gasteiger partial charge in [-0.1, -0.05) is 25.0 Å². The Labute approximate surface area is 109 Å². The summed E-state index contributed by atoms with van der Waals surface area (Å²) in [6.07, 6.45) is 5.79. The van der Waals surface area contributed by atoms with Gasteiger partial charge < -0.3 is 5.32 Å². The molecule has 1 aliphatic rings. The van der Waals surface area contributed by atoms with Crippen LogP contribution in [0.3, 0.4) is 0 Å². The average molecular weight is 249 g/mol. The van der Waals surface area contributed by atoms with Crippen LogP contribution in [0.1, 0.15) is 44.2 Å². The van der Waals surface area contributed by atoms with Crippen molar-refractivity contribution in [1.82, 2.24) is 5.32 Å². The summed E-state index contributed by atoms with van der Waals surface area (Å²) in [7, 11) is 2.01. The van der Waals surface area contributed by atoms with Crippen LogP contribution in [-0.4, -0.2) is 12.8 Å². The number of benzene rings is 1. The first-order valence-corrected chi connectivity index (χ1v) is 7.68. The van der Waals surface area contributed by atoms with Gasteiger partial charge in [-0.05, 0) is 50.4 Å². The van der Waals surface area contributed by atoms with Crippen LogP contribution in [-0.2, 0) is 0 Å². The minimum atomic E-state index is 0.448. The highest BCUT2D eigenvalue weighted by molar-refractivity contribution is 7.99. The highest BCUT2D eigenvalue weighted by Crippen LogP contribution is 2.31. The van der Waals surface area contributed by atoms with Gasteiger partial charge >= 0.3 is 0 Å². The van der Waals surface area contributed by atoms with E-state index < -0.39 is 0 Å². The number of rotatable bonds is 5. The van der Waals surface area contributed by atoms with Gasteiger partial charge in [0.05, 0.1) is 0 Å². The molecule has 1 aromatic rings. The van der Waals surface area contributed by atoms with Crippen LogP contribution in [0.4, 0.5) is 0 Å². The third-order valence-corrected chi connectivity index (χ3v) is 5.02. The van der Waals surface area contributed by atoms with E-state index in [4.69, 9.17) is 0 Å². The molecule has 94 valence electrons. The van der Waals surface area contributed by atoms with E-state index in [1.807, 2.05) is 18.8 Å². The summed E-state index contributed by atoms with van der Waals surface area (Å²) in [5, 5.41) is 3.27. The van der Waals surface area contributed by atoms with Gasteiger partial charge in [0.25, 0.3) is 0 Å². The van der Waals surface area contributed by atoms with Gasteiger partial charge in [0.1, 0.15) is 0 Å². The largest absolute Gasteiger partial charge is 0.313 e. The van der Waals surface area contributed by atoms with Gasteiger partial charge in [-0.15, -0.1) is 11.8 Å². The SMILES string of the molecule is CNC(C)c1ccc(SCC2CCCC2)cc1. The summed E-state index contributed by atoms with van der Waals surface area (Å²) in [5.74, 6) is 2.27. The van der Waals surface area contributed by atoms with E-state index in [1.54, 1.807) is 0 Å². The summed E-state index contributed by atoms with van der Waals surface area (Å²) in [6.45, 7) is 2.20. The third-order valence-electron chi connectivity index (χ3n) is 3.77. The van der Waals surface area contributed by atoms with Crippen molar-refractivity contribution in [2.24, 2.45) is 5.92 Å². The topological polar surface area (TPSA) is 12.0 Å². The Morgan fingerprint density at radius 3 is 2.47 bits per heavy atom. The summed E-state index contributed by atoms with van der Waals surface area (Å²) in [6, 6.07) is 9.48. The summed E-state index contributed by atoms with van der Waals surface area (Å²) in [5.41, 5.74) is 1.37. The molecular weight excluding hydrogens is 226 g/mol. The Kier molecular flexibility index (Phi) is 4.93. The van der Waals surface area contributed by atoms with Gasteiger partial charge in [-0.25, -0.2) is 0 Å². The molecule has 1 aliphatic carbocycles. The smallest absolute Gasteiger partial charge is 0.0289 e. The number of hydrogen-bond donors (Lipinski definition) is 1. The van der Waals surface area contributed by atoms with Crippen LogP contribution in [0.2, 0.25) is 0 Å². The van der Waals surface area contributed by atoms with Gasteiger partial charge in [0, 0.05) is 16.7 Å². The fraction of sp³-hybridized carbons (Fsp3) is 0.600. The van der Waals surface area contributed by atoms with E-state index in [1.165, 1.54) is 41.9 Å². The Morgan fingerprint density at radius 2 is 1.88 bits per heavy atom. The molecule has 1 fully saturated rings. The van der Waals surface area contributed by atoms with E-state index in [2.05, 4.69) is 36.5 Å². The predicted molar refractivity (Wildman–Crippen MR) is 76.6 cm³/mol. The van der Waals surface area contributed by atoms with Gasteiger partial charge in [-0.2, -0.15) is 0 Å². The molecule has 1 nitrogen and oxygen atoms in total. The van der Waals surface area contributed by atoms with Crippen LogP contribution < -0.4 is 5.32 Å². The lowest BCUT2D eigenvalue weighted by atomic mass is 10.1. The molecule has 0 aliphatic heterocycles. The summed E-state index contributed by atoms with van der Waals surface area (Å²) >= 11 is 2.03. The second-order valence-corrected chi connectivity index (χ2v) is 6.13. The lowest BCUT2D eigenvalue weighted by Crippen LogP contribution is -2.11. The molecule has 0 aromatic heterocycles. The normalized spacial score (nSPS) is 18.5. The maximum atomic E-state index is 3.27. The van der Waals surface area contributed by atoms with Crippen molar-refractivity contribution in [1.29, 1.82) is 0 Å². The highest BCUT2D eigenvalue weighted by atomic mass is 32.2. The zero-order valence-corrected chi connectivity index (χ0v) is 11.7. The standard InChI is InChI=1S/C15H23NS/c1-12(16-2)14-7-9-15(10-8-14)17-11-13-5-3-4-6-13/h7-10,12-13,16H,3-6,11H2,1-2H3. The van der Waals surface area contributed by atoms with E-state index >= 15 is 0 Å². The number of thioether (sulfide) groups is 1. The molecule has 2 heteroatoms. The number of nitrogens with one attached hydrogen (secondary N) is 1. The van der Waals surface area contributed by atoms with Crippen LogP contribution in [0.15, 0.2) is 29.2 Å². The van der Waals surface area contributed by atoms with Crippen LogP contribution in [0.5, 0.6) is 0 Å². The lowest BCUT2D eigenvalue weighted by Gasteiger charge is -2.12. The maximum Gasteiger partial charge on any atom is 0.0289 e. The van der Waals surface area contributed by atoms with Gasteiger partial charge in [-0.3, -0.25) is 0 Å². The molecule has 0 spiro atoms. The first-order chi connectivity index (χ1) is 8.29. The molecule has 2 rings (SSSR count). The van der Waals surface area contributed by atoms with Crippen molar-refractivity contribution >= 4 is 11.8 Å². The third kappa shape index (κ3) is 3.75. The minimum Gasteiger partial charge on any atom is -0.313 e. The van der Waals surface area contributed by atoms with Gasteiger partial charge in [0.15, 0.2) is 0 Å². The van der Waals surface area contributed by atoms with Crippen molar-refractivity contribution < 1.29 is 0 Å². The van der Waals surface area contributed by atoms with E-state index in [9.17, 15) is 0 Å². The molecule has 1 unspecified atom stereocenters. The lowest BCUT2D eigenvalue weighted by molar-refractivity contribution is 0.623. The molecule has 0 radical (unpaired) electrons. The molecule has 0 amide bonds. The van der Waals surface area contributed by atoms with Gasteiger partial charge in [0.2, 0.25) is 0 Å². The quantitative estimate of drug-likeness (QED) is 0.783. The zero-order valence-electron chi connectivity index (χ0n) is 10.9. The first-order valence-electron chi connectivity index (χ1n) is 6.69. The fourth-order valence-electron chi connectivity index (χ4n) is 2.41. The van der Waals surface area contributed by atoms with E-state index in [-0.39, 0.29) is 0 Å². The average Bonchev–Trinajstić information content (AvgIpc) is 2.89. The Morgan fingerprint density at radius 1 is 1.24 bits per heavy atom. The Balaban J connectivity index is 1.84. The van der Waals surface area contributed by atoms with Crippen LogP contribution in [0.25, 0.3) is 0 Å². The van der Waals surface area contributed by atoms with Crippen molar-refractivity contribution in [2.75, 3.05) is 12.8 Å².